The smallest absolute Gasteiger partial charge is 0.306 e. The third-order valence-electron chi connectivity index (χ3n) is 1.45. The minimum absolute atomic E-state index is 0.0124. The number of rotatable bonds is 5. The molecular weight excluding hydrogens is 182 g/mol. The maximum Gasteiger partial charge on any atom is 0.306 e. The van der Waals surface area contributed by atoms with Crippen LogP contribution in [0.4, 0.5) is 0 Å². The van der Waals surface area contributed by atoms with Crippen molar-refractivity contribution in [3.05, 3.63) is 0 Å². The van der Waals surface area contributed by atoms with Crippen LogP contribution < -0.4 is 5.73 Å². The Hall–Kier alpha value is -0.900. The van der Waals surface area contributed by atoms with Crippen LogP contribution in [0.2, 0.25) is 0 Å². The van der Waals surface area contributed by atoms with E-state index in [1.807, 2.05) is 0 Å². The molecule has 0 aliphatic carbocycles. The van der Waals surface area contributed by atoms with Gasteiger partial charge in [0.25, 0.3) is 0 Å². The fraction of sp³-hybridized carbons (Fsp3) is 0.800. The van der Waals surface area contributed by atoms with Crippen molar-refractivity contribution in [3.8, 4) is 0 Å². The summed E-state index contributed by atoms with van der Waals surface area (Å²) < 4.78 is 5.04. The highest BCUT2D eigenvalue weighted by atomic mass is 16.6. The zero-order valence-corrected chi connectivity index (χ0v) is 9.13. The summed E-state index contributed by atoms with van der Waals surface area (Å²) >= 11 is 0. The van der Waals surface area contributed by atoms with Crippen molar-refractivity contribution in [2.24, 2.45) is 5.73 Å². The molecule has 0 heterocycles. The second-order valence-corrected chi connectivity index (χ2v) is 4.16. The molecule has 0 saturated heterocycles. The first-order valence-corrected chi connectivity index (χ1v) is 4.79. The van der Waals surface area contributed by atoms with Gasteiger partial charge in [-0.15, -0.1) is 0 Å². The van der Waals surface area contributed by atoms with Crippen molar-refractivity contribution in [2.75, 3.05) is 6.54 Å². The number of Topliss-reactive ketones (excluding diaryl/α,β-unsaturated/α-hetero) is 1. The largest absolute Gasteiger partial charge is 0.460 e. The fourth-order valence-electron chi connectivity index (χ4n) is 0.920. The molecule has 0 aromatic heterocycles. The van der Waals surface area contributed by atoms with E-state index in [4.69, 9.17) is 10.5 Å². The van der Waals surface area contributed by atoms with Crippen LogP contribution in [0, 0.1) is 0 Å². The monoisotopic (exact) mass is 201 g/mol. The summed E-state index contributed by atoms with van der Waals surface area (Å²) in [5.74, 6) is -0.318. The second kappa shape index (κ2) is 5.75. The molecule has 4 nitrogen and oxygen atoms in total. The van der Waals surface area contributed by atoms with Crippen LogP contribution in [-0.4, -0.2) is 23.9 Å². The van der Waals surface area contributed by atoms with Crippen LogP contribution >= 0.6 is 0 Å². The molecule has 0 saturated carbocycles. The Morgan fingerprint density at radius 1 is 1.14 bits per heavy atom. The van der Waals surface area contributed by atoms with Gasteiger partial charge in [-0.1, -0.05) is 0 Å². The predicted octanol–water partition coefficient (Wildman–Crippen LogP) is 1.03. The van der Waals surface area contributed by atoms with Gasteiger partial charge in [0.15, 0.2) is 0 Å². The van der Waals surface area contributed by atoms with Crippen LogP contribution in [0.3, 0.4) is 0 Å². The number of hydrogen-bond donors (Lipinski definition) is 1. The van der Waals surface area contributed by atoms with Gasteiger partial charge in [-0.25, -0.2) is 0 Å². The van der Waals surface area contributed by atoms with E-state index in [1.165, 1.54) is 0 Å². The van der Waals surface area contributed by atoms with Crippen LogP contribution in [0.25, 0.3) is 0 Å². The fourth-order valence-corrected chi connectivity index (χ4v) is 0.920. The molecule has 0 radical (unpaired) electrons. The number of nitrogens with two attached hydrogens (primary N) is 1. The SMILES string of the molecule is CC(C)(C)OC(=O)CCC(=O)CCN. The van der Waals surface area contributed by atoms with Crippen molar-refractivity contribution in [2.45, 2.75) is 45.6 Å². The van der Waals surface area contributed by atoms with Crippen LogP contribution in [0.1, 0.15) is 40.0 Å². The van der Waals surface area contributed by atoms with Gasteiger partial charge in [-0.3, -0.25) is 9.59 Å². The first kappa shape index (κ1) is 13.1. The molecule has 14 heavy (non-hydrogen) atoms. The average Bonchev–Trinajstić information content (AvgIpc) is 1.98. The first-order chi connectivity index (χ1) is 6.35. The van der Waals surface area contributed by atoms with Gasteiger partial charge >= 0.3 is 5.97 Å². The average molecular weight is 201 g/mol. The highest BCUT2D eigenvalue weighted by Crippen LogP contribution is 2.09. The number of carbonyl (C=O) groups excluding carboxylic acids is 2. The van der Waals surface area contributed by atoms with E-state index in [1.54, 1.807) is 20.8 Å². The zero-order chi connectivity index (χ0) is 11.2. The van der Waals surface area contributed by atoms with Crippen LogP contribution in [0.15, 0.2) is 0 Å². The third-order valence-corrected chi connectivity index (χ3v) is 1.45. The van der Waals surface area contributed by atoms with Crippen molar-refractivity contribution >= 4 is 11.8 Å². The number of esters is 1. The van der Waals surface area contributed by atoms with E-state index in [0.717, 1.165) is 0 Å². The molecule has 82 valence electrons. The number of hydrogen-bond acceptors (Lipinski definition) is 4. The molecule has 0 atom stereocenters. The molecule has 0 bridgehead atoms. The van der Waals surface area contributed by atoms with Crippen molar-refractivity contribution in [1.82, 2.24) is 0 Å². The summed E-state index contributed by atoms with van der Waals surface area (Å²) in [5, 5.41) is 0. The molecule has 0 amide bonds. The molecular formula is C10H19NO3. The Bertz CT molecular complexity index is 206. The van der Waals surface area contributed by atoms with E-state index in [0.29, 0.717) is 13.0 Å². The van der Waals surface area contributed by atoms with E-state index in [2.05, 4.69) is 0 Å². The maximum atomic E-state index is 11.2. The van der Waals surface area contributed by atoms with E-state index in [9.17, 15) is 9.59 Å². The highest BCUT2D eigenvalue weighted by molar-refractivity contribution is 5.83. The van der Waals surface area contributed by atoms with E-state index < -0.39 is 5.60 Å². The molecule has 0 fully saturated rings. The minimum atomic E-state index is -0.478. The Kier molecular flexibility index (Phi) is 5.38. The Morgan fingerprint density at radius 3 is 2.14 bits per heavy atom. The van der Waals surface area contributed by atoms with Crippen molar-refractivity contribution in [1.29, 1.82) is 0 Å². The molecule has 2 N–H and O–H groups in total. The first-order valence-electron chi connectivity index (χ1n) is 4.79. The summed E-state index contributed by atoms with van der Waals surface area (Å²) in [6.07, 6.45) is 0.713. The van der Waals surface area contributed by atoms with Crippen LogP contribution in [-0.2, 0) is 14.3 Å². The molecule has 0 rings (SSSR count). The summed E-state index contributed by atoms with van der Waals surface area (Å²) in [5.41, 5.74) is 4.72. The summed E-state index contributed by atoms with van der Waals surface area (Å²) in [6, 6.07) is 0. The van der Waals surface area contributed by atoms with Gasteiger partial charge in [-0.05, 0) is 27.3 Å². The van der Waals surface area contributed by atoms with Gasteiger partial charge in [0, 0.05) is 12.8 Å². The Labute approximate surface area is 84.8 Å². The van der Waals surface area contributed by atoms with Gasteiger partial charge in [-0.2, -0.15) is 0 Å². The minimum Gasteiger partial charge on any atom is -0.460 e. The summed E-state index contributed by atoms with van der Waals surface area (Å²) in [6.45, 7) is 5.74. The van der Waals surface area contributed by atoms with Crippen LogP contribution in [0.5, 0.6) is 0 Å². The number of ether oxygens (including phenoxy) is 1. The second-order valence-electron chi connectivity index (χ2n) is 4.16. The Balaban J connectivity index is 3.70. The lowest BCUT2D eigenvalue weighted by Gasteiger charge is -2.19. The molecule has 0 unspecified atom stereocenters. The lowest BCUT2D eigenvalue weighted by Crippen LogP contribution is -2.24. The molecule has 0 aromatic carbocycles. The molecule has 0 aromatic rings. The maximum absolute atomic E-state index is 11.2. The quantitative estimate of drug-likeness (QED) is 0.674. The van der Waals surface area contributed by atoms with Gasteiger partial charge < -0.3 is 10.5 Å². The normalized spacial score (nSPS) is 11.1. The van der Waals surface area contributed by atoms with Crippen molar-refractivity contribution < 1.29 is 14.3 Å². The number of carbonyl (C=O) groups is 2. The molecule has 0 spiro atoms. The number of ketones is 1. The highest BCUT2D eigenvalue weighted by Gasteiger charge is 2.16. The molecule has 0 aliphatic rings. The molecule has 4 heteroatoms. The lowest BCUT2D eigenvalue weighted by molar-refractivity contribution is -0.155. The van der Waals surface area contributed by atoms with Gasteiger partial charge in [0.05, 0.1) is 6.42 Å². The standard InChI is InChI=1S/C10H19NO3/c1-10(2,3)14-9(13)5-4-8(12)6-7-11/h4-7,11H2,1-3H3. The summed E-state index contributed by atoms with van der Waals surface area (Å²) in [4.78, 5) is 22.2. The Morgan fingerprint density at radius 2 is 1.71 bits per heavy atom. The van der Waals surface area contributed by atoms with Gasteiger partial charge in [0.2, 0.25) is 0 Å². The van der Waals surface area contributed by atoms with E-state index >= 15 is 0 Å². The molecule has 0 aliphatic heterocycles. The van der Waals surface area contributed by atoms with Gasteiger partial charge in [0.1, 0.15) is 11.4 Å². The van der Waals surface area contributed by atoms with E-state index in [-0.39, 0.29) is 24.6 Å². The summed E-state index contributed by atoms with van der Waals surface area (Å²) in [7, 11) is 0. The topological polar surface area (TPSA) is 69.4 Å². The van der Waals surface area contributed by atoms with Crippen molar-refractivity contribution in [3.63, 3.8) is 0 Å². The predicted molar refractivity (Wildman–Crippen MR) is 53.8 cm³/mol. The lowest BCUT2D eigenvalue weighted by atomic mass is 10.1. The third kappa shape index (κ3) is 7.73. The zero-order valence-electron chi connectivity index (χ0n) is 9.13.